The summed E-state index contributed by atoms with van der Waals surface area (Å²) in [5, 5.41) is 0.611. The van der Waals surface area contributed by atoms with Gasteiger partial charge in [-0.2, -0.15) is 0 Å². The second-order valence-corrected chi connectivity index (χ2v) is 7.42. The molecule has 0 spiro atoms. The lowest BCUT2D eigenvalue weighted by atomic mass is 9.91. The Kier molecular flexibility index (Phi) is 4.20. The molecule has 0 aliphatic heterocycles. The maximum atomic E-state index is 12.7. The maximum Gasteiger partial charge on any atom is 0.203 e. The third kappa shape index (κ3) is 2.68. The minimum absolute atomic E-state index is 0.0112. The highest BCUT2D eigenvalue weighted by molar-refractivity contribution is 8.00. The SMILES string of the molecule is CSc1sc(C(=O)c2ccc(Cl)cc2)c2c1C(=O)CCC2. The largest absolute Gasteiger partial charge is 0.294 e. The smallest absolute Gasteiger partial charge is 0.203 e. The average Bonchev–Trinajstić information content (AvgIpc) is 2.87. The van der Waals surface area contributed by atoms with E-state index in [0.29, 0.717) is 21.9 Å². The van der Waals surface area contributed by atoms with Gasteiger partial charge < -0.3 is 0 Å². The number of ketones is 2. The number of fused-ring (bicyclic) bond motifs is 1. The van der Waals surface area contributed by atoms with Gasteiger partial charge in [0.05, 0.1) is 9.09 Å². The number of hydrogen-bond acceptors (Lipinski definition) is 4. The molecule has 0 N–H and O–H groups in total. The van der Waals surface area contributed by atoms with E-state index < -0.39 is 0 Å². The molecule has 1 aromatic carbocycles. The van der Waals surface area contributed by atoms with Crippen molar-refractivity contribution in [2.24, 2.45) is 0 Å². The first kappa shape index (κ1) is 14.8. The van der Waals surface area contributed by atoms with Gasteiger partial charge in [-0.25, -0.2) is 0 Å². The van der Waals surface area contributed by atoms with Gasteiger partial charge in [-0.05, 0) is 48.9 Å². The fraction of sp³-hybridized carbons (Fsp3) is 0.250. The standard InChI is InChI=1S/C16H13ClO2S2/c1-20-16-13-11(3-2-4-12(13)18)15(21-16)14(19)9-5-7-10(17)8-6-9/h5-8H,2-4H2,1H3. The van der Waals surface area contributed by atoms with Gasteiger partial charge in [0.1, 0.15) is 0 Å². The molecule has 1 heterocycles. The van der Waals surface area contributed by atoms with E-state index >= 15 is 0 Å². The van der Waals surface area contributed by atoms with E-state index in [-0.39, 0.29) is 11.6 Å². The highest BCUT2D eigenvalue weighted by Crippen LogP contribution is 2.40. The van der Waals surface area contributed by atoms with Crippen molar-refractivity contribution in [1.82, 2.24) is 0 Å². The van der Waals surface area contributed by atoms with E-state index in [0.717, 1.165) is 28.2 Å². The molecular formula is C16H13ClO2S2. The number of benzene rings is 1. The fourth-order valence-electron chi connectivity index (χ4n) is 2.57. The summed E-state index contributed by atoms with van der Waals surface area (Å²) in [7, 11) is 0. The molecular weight excluding hydrogens is 324 g/mol. The highest BCUT2D eigenvalue weighted by atomic mass is 35.5. The molecule has 1 aliphatic rings. The number of rotatable bonds is 3. The molecule has 2 nitrogen and oxygen atoms in total. The predicted octanol–water partition coefficient (Wildman–Crippen LogP) is 4.87. The zero-order chi connectivity index (χ0) is 15.0. The summed E-state index contributed by atoms with van der Waals surface area (Å²) in [4.78, 5) is 25.6. The molecule has 108 valence electrons. The summed E-state index contributed by atoms with van der Waals surface area (Å²) in [6.07, 6.45) is 4.18. The van der Waals surface area contributed by atoms with E-state index in [1.54, 1.807) is 36.0 Å². The zero-order valence-corrected chi connectivity index (χ0v) is 13.8. The normalized spacial score (nSPS) is 14.1. The van der Waals surface area contributed by atoms with Crippen LogP contribution in [0, 0.1) is 0 Å². The molecule has 2 aromatic rings. The van der Waals surface area contributed by atoms with Gasteiger partial charge >= 0.3 is 0 Å². The van der Waals surface area contributed by atoms with Crippen LogP contribution in [0.3, 0.4) is 0 Å². The molecule has 0 amide bonds. The minimum atomic E-state index is -0.0112. The lowest BCUT2D eigenvalue weighted by molar-refractivity contribution is 0.0970. The highest BCUT2D eigenvalue weighted by Gasteiger charge is 2.29. The molecule has 0 unspecified atom stereocenters. The van der Waals surface area contributed by atoms with Crippen molar-refractivity contribution in [3.8, 4) is 0 Å². The summed E-state index contributed by atoms with van der Waals surface area (Å²) < 4.78 is 0.965. The summed E-state index contributed by atoms with van der Waals surface area (Å²) >= 11 is 8.86. The van der Waals surface area contributed by atoms with Crippen molar-refractivity contribution in [2.75, 3.05) is 6.26 Å². The second-order valence-electron chi connectivity index (χ2n) is 4.89. The minimum Gasteiger partial charge on any atom is -0.294 e. The van der Waals surface area contributed by atoms with Gasteiger partial charge in [-0.15, -0.1) is 23.1 Å². The Morgan fingerprint density at radius 3 is 2.62 bits per heavy atom. The van der Waals surface area contributed by atoms with Crippen LogP contribution >= 0.6 is 34.7 Å². The number of Topliss-reactive ketones (excluding diaryl/α,β-unsaturated/α-hetero) is 1. The van der Waals surface area contributed by atoms with Crippen molar-refractivity contribution in [1.29, 1.82) is 0 Å². The Balaban J connectivity index is 2.08. The van der Waals surface area contributed by atoms with Crippen molar-refractivity contribution in [3.05, 3.63) is 50.9 Å². The molecule has 0 fully saturated rings. The molecule has 0 radical (unpaired) electrons. The predicted molar refractivity (Wildman–Crippen MR) is 88.3 cm³/mol. The molecule has 1 aliphatic carbocycles. The number of halogens is 1. The zero-order valence-electron chi connectivity index (χ0n) is 11.4. The van der Waals surface area contributed by atoms with Crippen LogP contribution in [0.1, 0.15) is 44.0 Å². The van der Waals surface area contributed by atoms with Crippen molar-refractivity contribution < 1.29 is 9.59 Å². The van der Waals surface area contributed by atoms with Crippen LogP contribution in [0.15, 0.2) is 28.5 Å². The van der Waals surface area contributed by atoms with Crippen molar-refractivity contribution in [2.45, 2.75) is 23.5 Å². The van der Waals surface area contributed by atoms with Gasteiger partial charge in [0.2, 0.25) is 5.78 Å². The first-order valence-corrected chi connectivity index (χ1v) is 9.07. The van der Waals surface area contributed by atoms with E-state index in [2.05, 4.69) is 0 Å². The first-order chi connectivity index (χ1) is 10.1. The Morgan fingerprint density at radius 1 is 1.24 bits per heavy atom. The summed E-state index contributed by atoms with van der Waals surface area (Å²) in [6.45, 7) is 0. The Labute approximate surface area is 136 Å². The van der Waals surface area contributed by atoms with E-state index in [4.69, 9.17) is 11.6 Å². The Bertz CT molecular complexity index is 717. The van der Waals surface area contributed by atoms with Gasteiger partial charge in [-0.3, -0.25) is 9.59 Å². The van der Waals surface area contributed by atoms with Gasteiger partial charge in [0.15, 0.2) is 5.78 Å². The molecule has 0 saturated heterocycles. The molecule has 21 heavy (non-hydrogen) atoms. The summed E-state index contributed by atoms with van der Waals surface area (Å²) in [5.41, 5.74) is 2.35. The molecule has 0 saturated carbocycles. The van der Waals surface area contributed by atoms with Crippen LogP contribution in [0.25, 0.3) is 0 Å². The summed E-state index contributed by atoms with van der Waals surface area (Å²) in [6, 6.07) is 6.91. The number of thiophene rings is 1. The van der Waals surface area contributed by atoms with Crippen LogP contribution < -0.4 is 0 Å². The van der Waals surface area contributed by atoms with Crippen LogP contribution in [0.5, 0.6) is 0 Å². The second kappa shape index (κ2) is 5.95. The molecule has 0 bridgehead atoms. The number of hydrogen-bond donors (Lipinski definition) is 0. The van der Waals surface area contributed by atoms with E-state index in [1.165, 1.54) is 11.3 Å². The monoisotopic (exact) mass is 336 g/mol. The average molecular weight is 337 g/mol. The van der Waals surface area contributed by atoms with Crippen molar-refractivity contribution >= 4 is 46.3 Å². The molecule has 5 heteroatoms. The van der Waals surface area contributed by atoms with Crippen molar-refractivity contribution in [3.63, 3.8) is 0 Å². The molecule has 3 rings (SSSR count). The lowest BCUT2D eigenvalue weighted by Crippen LogP contribution is -2.12. The first-order valence-electron chi connectivity index (χ1n) is 6.65. The Morgan fingerprint density at radius 2 is 1.95 bits per heavy atom. The van der Waals surface area contributed by atoms with Gasteiger partial charge in [0, 0.05) is 22.6 Å². The molecule has 1 aromatic heterocycles. The van der Waals surface area contributed by atoms with Gasteiger partial charge in [0.25, 0.3) is 0 Å². The van der Waals surface area contributed by atoms with E-state index in [9.17, 15) is 9.59 Å². The maximum absolute atomic E-state index is 12.7. The third-order valence-corrected chi connectivity index (χ3v) is 6.18. The fourth-order valence-corrected chi connectivity index (χ4v) is 4.79. The van der Waals surface area contributed by atoms with Gasteiger partial charge in [-0.1, -0.05) is 11.6 Å². The molecule has 0 atom stereocenters. The quantitative estimate of drug-likeness (QED) is 0.592. The van der Waals surface area contributed by atoms with Crippen LogP contribution in [0.2, 0.25) is 5.02 Å². The third-order valence-electron chi connectivity index (χ3n) is 3.58. The number of carbonyl (C=O) groups is 2. The van der Waals surface area contributed by atoms with Crippen LogP contribution in [-0.4, -0.2) is 17.8 Å². The number of carbonyl (C=O) groups excluding carboxylic acids is 2. The topological polar surface area (TPSA) is 34.1 Å². The van der Waals surface area contributed by atoms with E-state index in [1.807, 2.05) is 6.26 Å². The lowest BCUT2D eigenvalue weighted by Gasteiger charge is -2.12. The number of thioether (sulfide) groups is 1. The van der Waals surface area contributed by atoms with Crippen LogP contribution in [0.4, 0.5) is 0 Å². The summed E-state index contributed by atoms with van der Waals surface area (Å²) in [5.74, 6) is 0.162. The Hall–Kier alpha value is -1.10. The van der Waals surface area contributed by atoms with Crippen LogP contribution in [-0.2, 0) is 6.42 Å².